The predicted molar refractivity (Wildman–Crippen MR) is 142 cm³/mol. The minimum Gasteiger partial charge on any atom is -0.480 e. The number of carbonyl (C=O) groups excluding carboxylic acids is 2. The zero-order valence-electron chi connectivity index (χ0n) is 19.4. The van der Waals surface area contributed by atoms with Crippen molar-refractivity contribution in [1.29, 1.82) is 0 Å². The fourth-order valence-electron chi connectivity index (χ4n) is 3.87. The molecule has 4 rings (SSSR count). The van der Waals surface area contributed by atoms with Crippen molar-refractivity contribution in [3.05, 3.63) is 107 Å². The summed E-state index contributed by atoms with van der Waals surface area (Å²) >= 11 is 6.23. The van der Waals surface area contributed by atoms with E-state index in [1.165, 1.54) is 0 Å². The molecule has 4 aromatic rings. The van der Waals surface area contributed by atoms with Crippen LogP contribution in [0.2, 0.25) is 5.02 Å². The van der Waals surface area contributed by atoms with Crippen LogP contribution in [0.3, 0.4) is 0 Å². The number of hydrogen-bond acceptors (Lipinski definition) is 3. The third-order valence-corrected chi connectivity index (χ3v) is 6.04. The molecule has 0 radical (unpaired) electrons. The minimum atomic E-state index is -1.16. The first-order valence-electron chi connectivity index (χ1n) is 11.3. The first-order chi connectivity index (χ1) is 17.3. The van der Waals surface area contributed by atoms with E-state index in [1.54, 1.807) is 48.5 Å². The van der Waals surface area contributed by atoms with Crippen molar-refractivity contribution in [2.45, 2.75) is 19.4 Å². The molecule has 0 saturated carbocycles. The molecule has 0 heterocycles. The number of carboxylic acid groups (broad SMARTS) is 1. The maximum Gasteiger partial charge on any atom is 0.326 e. The lowest BCUT2D eigenvalue weighted by atomic mass is 10.0. The Morgan fingerprint density at radius 3 is 2.19 bits per heavy atom. The van der Waals surface area contributed by atoms with E-state index >= 15 is 0 Å². The van der Waals surface area contributed by atoms with Crippen molar-refractivity contribution in [1.82, 2.24) is 5.32 Å². The minimum absolute atomic E-state index is 0.116. The van der Waals surface area contributed by atoms with Gasteiger partial charge in [-0.25, -0.2) is 9.59 Å². The summed E-state index contributed by atoms with van der Waals surface area (Å²) in [5.74, 6) is -1.78. The Bertz CT molecular complexity index is 1420. The second-order valence-electron chi connectivity index (χ2n) is 8.31. The number of anilines is 2. The summed E-state index contributed by atoms with van der Waals surface area (Å²) in [6, 6.07) is 23.2. The zero-order chi connectivity index (χ0) is 25.7. The van der Waals surface area contributed by atoms with Crippen LogP contribution in [-0.2, 0) is 11.2 Å². The number of urea groups is 1. The lowest BCUT2D eigenvalue weighted by Gasteiger charge is -2.18. The maximum absolute atomic E-state index is 13.3. The number of amides is 3. The Kier molecular flexibility index (Phi) is 7.51. The van der Waals surface area contributed by atoms with Crippen LogP contribution in [0, 0.1) is 6.92 Å². The van der Waals surface area contributed by atoms with Crippen molar-refractivity contribution < 1.29 is 19.5 Å². The molecule has 3 amide bonds. The third kappa shape index (κ3) is 5.82. The summed E-state index contributed by atoms with van der Waals surface area (Å²) in [5, 5.41) is 19.7. The molecular formula is C28H24ClN3O4. The van der Waals surface area contributed by atoms with Crippen LogP contribution in [0.1, 0.15) is 21.5 Å². The number of aliphatic carboxylic acids is 1. The average molecular weight is 502 g/mol. The van der Waals surface area contributed by atoms with E-state index in [2.05, 4.69) is 16.0 Å². The Morgan fingerprint density at radius 2 is 1.53 bits per heavy atom. The molecule has 0 aliphatic rings. The highest BCUT2D eigenvalue weighted by Crippen LogP contribution is 2.27. The molecule has 0 bridgehead atoms. The molecule has 4 N–H and O–H groups in total. The van der Waals surface area contributed by atoms with Crippen molar-refractivity contribution >= 4 is 51.7 Å². The number of carboxylic acids is 1. The monoisotopic (exact) mass is 501 g/mol. The van der Waals surface area contributed by atoms with E-state index in [-0.39, 0.29) is 17.7 Å². The smallest absolute Gasteiger partial charge is 0.326 e. The quantitative estimate of drug-likeness (QED) is 0.254. The molecule has 0 unspecified atom stereocenters. The van der Waals surface area contributed by atoms with Gasteiger partial charge in [-0.2, -0.15) is 0 Å². The number of benzene rings is 4. The lowest BCUT2D eigenvalue weighted by molar-refractivity contribution is -0.139. The average Bonchev–Trinajstić information content (AvgIpc) is 2.86. The van der Waals surface area contributed by atoms with Crippen LogP contribution in [0.5, 0.6) is 0 Å². The third-order valence-electron chi connectivity index (χ3n) is 5.73. The van der Waals surface area contributed by atoms with Crippen molar-refractivity contribution in [2.75, 3.05) is 10.6 Å². The van der Waals surface area contributed by atoms with Crippen LogP contribution in [0.15, 0.2) is 84.9 Å². The van der Waals surface area contributed by atoms with Gasteiger partial charge in [0.25, 0.3) is 5.91 Å². The zero-order valence-corrected chi connectivity index (χ0v) is 20.2. The topological polar surface area (TPSA) is 108 Å². The van der Waals surface area contributed by atoms with E-state index in [0.717, 1.165) is 21.9 Å². The highest BCUT2D eigenvalue weighted by atomic mass is 35.5. The van der Waals surface area contributed by atoms with Crippen molar-refractivity contribution in [2.24, 2.45) is 0 Å². The van der Waals surface area contributed by atoms with Crippen LogP contribution in [0.4, 0.5) is 16.2 Å². The maximum atomic E-state index is 13.3. The largest absolute Gasteiger partial charge is 0.480 e. The number of carbonyl (C=O) groups is 3. The molecule has 4 aromatic carbocycles. The van der Waals surface area contributed by atoms with Crippen LogP contribution >= 0.6 is 11.6 Å². The first-order valence-corrected chi connectivity index (χ1v) is 11.6. The van der Waals surface area contributed by atoms with Crippen LogP contribution in [0.25, 0.3) is 10.8 Å². The van der Waals surface area contributed by atoms with Gasteiger partial charge in [0.15, 0.2) is 0 Å². The van der Waals surface area contributed by atoms with Gasteiger partial charge < -0.3 is 21.1 Å². The number of rotatable bonds is 7. The van der Waals surface area contributed by atoms with Gasteiger partial charge >= 0.3 is 12.0 Å². The van der Waals surface area contributed by atoms with Crippen LogP contribution < -0.4 is 16.0 Å². The molecule has 0 spiro atoms. The highest BCUT2D eigenvalue weighted by molar-refractivity contribution is 6.34. The molecular weight excluding hydrogens is 478 g/mol. The van der Waals surface area contributed by atoms with E-state index in [1.807, 2.05) is 43.3 Å². The molecule has 0 fully saturated rings. The Hall–Kier alpha value is -4.36. The van der Waals surface area contributed by atoms with E-state index < -0.39 is 23.9 Å². The first kappa shape index (κ1) is 24.8. The van der Waals surface area contributed by atoms with Crippen molar-refractivity contribution in [3.63, 3.8) is 0 Å². The van der Waals surface area contributed by atoms with Gasteiger partial charge in [-0.15, -0.1) is 0 Å². The Balaban J connectivity index is 1.62. The number of nitrogens with one attached hydrogen (secondary N) is 3. The van der Waals surface area contributed by atoms with Gasteiger partial charge in [-0.3, -0.25) is 4.79 Å². The van der Waals surface area contributed by atoms with E-state index in [0.29, 0.717) is 10.7 Å². The number of para-hydroxylation sites is 1. The molecule has 0 aliphatic carbocycles. The summed E-state index contributed by atoms with van der Waals surface area (Å²) in [6.45, 7) is 1.81. The summed E-state index contributed by atoms with van der Waals surface area (Å²) < 4.78 is 0. The number of halogens is 1. The molecule has 0 aromatic heterocycles. The van der Waals surface area contributed by atoms with Crippen molar-refractivity contribution in [3.8, 4) is 0 Å². The molecule has 182 valence electrons. The molecule has 7 nitrogen and oxygen atoms in total. The number of hydrogen-bond donors (Lipinski definition) is 4. The summed E-state index contributed by atoms with van der Waals surface area (Å²) in [4.78, 5) is 38.1. The summed E-state index contributed by atoms with van der Waals surface area (Å²) in [6.07, 6.45) is 0.116. The fourth-order valence-corrected chi connectivity index (χ4v) is 4.14. The van der Waals surface area contributed by atoms with Gasteiger partial charge in [-0.1, -0.05) is 78.3 Å². The number of aryl methyl sites for hydroxylation is 1. The molecule has 36 heavy (non-hydrogen) atoms. The van der Waals surface area contributed by atoms with Crippen LogP contribution in [-0.4, -0.2) is 29.1 Å². The molecule has 1 atom stereocenters. The van der Waals surface area contributed by atoms with Gasteiger partial charge in [0.05, 0.1) is 22.0 Å². The fraction of sp³-hybridized carbons (Fsp3) is 0.107. The summed E-state index contributed by atoms with van der Waals surface area (Å²) in [7, 11) is 0. The Labute approximate surface area is 213 Å². The van der Waals surface area contributed by atoms with Gasteiger partial charge in [0, 0.05) is 6.42 Å². The van der Waals surface area contributed by atoms with Gasteiger partial charge in [-0.05, 0) is 47.0 Å². The summed E-state index contributed by atoms with van der Waals surface area (Å²) in [5.41, 5.74) is 2.38. The second kappa shape index (κ2) is 10.9. The van der Waals surface area contributed by atoms with E-state index in [4.69, 9.17) is 11.6 Å². The molecule has 8 heteroatoms. The normalized spacial score (nSPS) is 11.5. The lowest BCUT2D eigenvalue weighted by Crippen LogP contribution is -2.42. The van der Waals surface area contributed by atoms with Gasteiger partial charge in [0.1, 0.15) is 6.04 Å². The highest BCUT2D eigenvalue weighted by Gasteiger charge is 2.23. The SMILES string of the molecule is Cc1cccc(Cl)c1NC(=O)Nc1cc2ccccc2cc1C(=O)N[C@@H](Cc1ccccc1)C(=O)O. The van der Waals surface area contributed by atoms with Gasteiger partial charge in [0.2, 0.25) is 0 Å². The molecule has 0 aliphatic heterocycles. The van der Waals surface area contributed by atoms with E-state index in [9.17, 15) is 19.5 Å². The second-order valence-corrected chi connectivity index (χ2v) is 8.72. The predicted octanol–water partition coefficient (Wildman–Crippen LogP) is 5.87. The number of fused-ring (bicyclic) bond motifs is 1. The Morgan fingerprint density at radius 1 is 0.861 bits per heavy atom. The molecule has 0 saturated heterocycles. The standard InChI is InChI=1S/C28H24ClN3O4/c1-17-8-7-13-22(29)25(17)32-28(36)31-23-16-20-12-6-5-11-19(20)15-21(23)26(33)30-24(27(34)35)14-18-9-3-2-4-10-18/h2-13,15-16,24H,14H2,1H3,(H,30,33)(H,34,35)(H2,31,32,36)/t24-/m0/s1.